The van der Waals surface area contributed by atoms with E-state index < -0.39 is 0 Å². The van der Waals surface area contributed by atoms with Crippen molar-refractivity contribution in [3.63, 3.8) is 0 Å². The molecular weight excluding hydrogens is 488 g/mol. The molecule has 0 spiro atoms. The van der Waals surface area contributed by atoms with Gasteiger partial charge in [-0.05, 0) is 51.0 Å². The molecule has 0 aliphatic carbocycles. The van der Waals surface area contributed by atoms with Gasteiger partial charge in [0.1, 0.15) is 21.4 Å². The predicted octanol–water partition coefficient (Wildman–Crippen LogP) is 5.79. The van der Waals surface area contributed by atoms with Gasteiger partial charge >= 0.3 is 0 Å². The number of benzene rings is 2. The maximum atomic E-state index is 4.77. The van der Waals surface area contributed by atoms with E-state index in [4.69, 9.17) is 9.97 Å². The van der Waals surface area contributed by atoms with Crippen LogP contribution in [0.2, 0.25) is 0 Å². The van der Waals surface area contributed by atoms with Crippen molar-refractivity contribution in [3.8, 4) is 21.4 Å². The number of aromatic nitrogens is 8. The van der Waals surface area contributed by atoms with Crippen molar-refractivity contribution >= 4 is 44.7 Å². The molecule has 0 radical (unpaired) electrons. The lowest BCUT2D eigenvalue weighted by Crippen LogP contribution is -1.93. The summed E-state index contributed by atoms with van der Waals surface area (Å²) in [5.74, 6) is 0. The third kappa shape index (κ3) is 4.57. The highest BCUT2D eigenvalue weighted by Gasteiger charge is 2.15. The first-order valence-electron chi connectivity index (χ1n) is 11.8. The van der Waals surface area contributed by atoms with Crippen LogP contribution < -0.4 is 0 Å². The Morgan fingerprint density at radius 1 is 0.528 bits per heavy atom. The first-order valence-corrected chi connectivity index (χ1v) is 13.4. The Morgan fingerprint density at radius 2 is 0.917 bits per heavy atom. The van der Waals surface area contributed by atoms with Gasteiger partial charge in [0.15, 0.2) is 10.0 Å². The Balaban J connectivity index is 1.08. The maximum absolute atomic E-state index is 4.77. The molecule has 0 bridgehead atoms. The highest BCUT2D eigenvalue weighted by atomic mass is 32.1. The minimum absolute atomic E-state index is 0.811. The van der Waals surface area contributed by atoms with E-state index in [-0.39, 0.29) is 0 Å². The molecule has 178 valence electrons. The molecule has 4 aromatic heterocycles. The molecule has 0 aliphatic heterocycles. The van der Waals surface area contributed by atoms with E-state index in [0.717, 1.165) is 90.6 Å². The minimum Gasteiger partial charge on any atom is -0.249 e. The zero-order valence-electron chi connectivity index (χ0n) is 19.8. The van der Waals surface area contributed by atoms with Crippen LogP contribution in [-0.4, -0.2) is 40.3 Å². The topological polar surface area (TPSA) is 103 Å². The normalized spacial score (nSPS) is 11.5. The van der Waals surface area contributed by atoms with Crippen LogP contribution in [-0.2, 0) is 12.8 Å². The van der Waals surface area contributed by atoms with Gasteiger partial charge in [-0.1, -0.05) is 46.9 Å². The molecule has 0 saturated carbocycles. The third-order valence-electron chi connectivity index (χ3n) is 5.86. The van der Waals surface area contributed by atoms with Crippen LogP contribution in [0.1, 0.15) is 34.2 Å². The number of para-hydroxylation sites is 4. The second kappa shape index (κ2) is 9.71. The summed E-state index contributed by atoms with van der Waals surface area (Å²) < 4.78 is 0. The summed E-state index contributed by atoms with van der Waals surface area (Å²) in [4.78, 5) is 18.9. The summed E-state index contributed by atoms with van der Waals surface area (Å²) in [6.45, 7) is 3.94. The molecule has 0 aliphatic rings. The van der Waals surface area contributed by atoms with E-state index in [1.807, 2.05) is 62.4 Å². The largest absolute Gasteiger partial charge is 0.249 e. The van der Waals surface area contributed by atoms with Crippen molar-refractivity contribution in [2.75, 3.05) is 0 Å². The molecule has 6 aromatic rings. The molecule has 6 rings (SSSR count). The predicted molar refractivity (Wildman–Crippen MR) is 143 cm³/mol. The van der Waals surface area contributed by atoms with Crippen LogP contribution in [0.5, 0.6) is 0 Å². The van der Waals surface area contributed by atoms with Crippen LogP contribution in [0.15, 0.2) is 48.5 Å². The summed E-state index contributed by atoms with van der Waals surface area (Å²) in [5, 5.41) is 21.2. The Bertz CT molecular complexity index is 1570. The monoisotopic (exact) mass is 510 g/mol. The maximum Gasteiger partial charge on any atom is 0.168 e. The van der Waals surface area contributed by atoms with Crippen molar-refractivity contribution in [2.24, 2.45) is 0 Å². The SMILES string of the molecule is Cc1nc2ccccc2nc1-c1nnc(CCCCc2nnc(-c3nc4ccccc4nc3C)s2)s1. The van der Waals surface area contributed by atoms with Crippen molar-refractivity contribution in [2.45, 2.75) is 39.5 Å². The van der Waals surface area contributed by atoms with Gasteiger partial charge in [0.25, 0.3) is 0 Å². The van der Waals surface area contributed by atoms with Crippen LogP contribution in [0.4, 0.5) is 0 Å². The first-order chi connectivity index (χ1) is 17.6. The Kier molecular flexibility index (Phi) is 6.12. The quantitative estimate of drug-likeness (QED) is 0.249. The molecule has 2 aromatic carbocycles. The highest BCUT2D eigenvalue weighted by Crippen LogP contribution is 2.28. The summed E-state index contributed by atoms with van der Waals surface area (Å²) in [7, 11) is 0. The Hall–Kier alpha value is -3.76. The number of hydrogen-bond acceptors (Lipinski definition) is 10. The lowest BCUT2D eigenvalue weighted by molar-refractivity contribution is 0.718. The van der Waals surface area contributed by atoms with E-state index in [1.54, 1.807) is 22.7 Å². The molecule has 0 N–H and O–H groups in total. The minimum atomic E-state index is 0.811. The van der Waals surface area contributed by atoms with E-state index in [1.165, 1.54) is 0 Å². The molecule has 4 heterocycles. The molecule has 0 saturated heterocycles. The standard InChI is InChI=1S/C26H22N8S2/c1-15-23(29-19-11-5-3-9-17(19)27-15)25-33-31-21(35-25)13-7-8-14-22-32-34-26(36-22)24-16(2)28-18-10-4-6-12-20(18)30-24/h3-6,9-12H,7-8,13-14H2,1-2H3. The average molecular weight is 511 g/mol. The second-order valence-electron chi connectivity index (χ2n) is 8.50. The van der Waals surface area contributed by atoms with Gasteiger partial charge in [0.2, 0.25) is 0 Å². The number of aryl methyl sites for hydroxylation is 4. The highest BCUT2D eigenvalue weighted by molar-refractivity contribution is 7.15. The fraction of sp³-hybridized carbons (Fsp3) is 0.231. The fourth-order valence-electron chi connectivity index (χ4n) is 4.03. The van der Waals surface area contributed by atoms with Crippen molar-refractivity contribution in [1.29, 1.82) is 0 Å². The van der Waals surface area contributed by atoms with Crippen LogP contribution in [0, 0.1) is 13.8 Å². The number of rotatable bonds is 7. The van der Waals surface area contributed by atoms with Gasteiger partial charge in [-0.3, -0.25) is 0 Å². The van der Waals surface area contributed by atoms with Gasteiger partial charge < -0.3 is 0 Å². The summed E-state index contributed by atoms with van der Waals surface area (Å²) >= 11 is 3.19. The second-order valence-corrected chi connectivity index (χ2v) is 10.6. The van der Waals surface area contributed by atoms with Gasteiger partial charge in [-0.15, -0.1) is 20.4 Å². The van der Waals surface area contributed by atoms with Gasteiger partial charge in [-0.25, -0.2) is 19.9 Å². The van der Waals surface area contributed by atoms with Crippen LogP contribution >= 0.6 is 22.7 Å². The smallest absolute Gasteiger partial charge is 0.168 e. The van der Waals surface area contributed by atoms with E-state index in [0.29, 0.717) is 0 Å². The molecule has 8 nitrogen and oxygen atoms in total. The number of hydrogen-bond donors (Lipinski definition) is 0. The van der Waals surface area contributed by atoms with E-state index >= 15 is 0 Å². The Morgan fingerprint density at radius 3 is 1.33 bits per heavy atom. The zero-order chi connectivity index (χ0) is 24.5. The lowest BCUT2D eigenvalue weighted by Gasteiger charge is -2.03. The molecule has 0 fully saturated rings. The third-order valence-corrected chi connectivity index (χ3v) is 7.84. The van der Waals surface area contributed by atoms with Crippen LogP contribution in [0.25, 0.3) is 43.5 Å². The molecule has 0 amide bonds. The van der Waals surface area contributed by atoms with E-state index in [2.05, 4.69) is 30.4 Å². The number of nitrogens with zero attached hydrogens (tertiary/aromatic N) is 8. The van der Waals surface area contributed by atoms with Crippen molar-refractivity contribution in [3.05, 3.63) is 69.9 Å². The van der Waals surface area contributed by atoms with Crippen molar-refractivity contribution in [1.82, 2.24) is 40.3 Å². The molecule has 36 heavy (non-hydrogen) atoms. The fourth-order valence-corrected chi connectivity index (χ4v) is 5.88. The molecule has 0 atom stereocenters. The summed E-state index contributed by atoms with van der Waals surface area (Å²) in [5.41, 5.74) is 6.89. The first kappa shape index (κ1) is 22.7. The molecule has 10 heteroatoms. The lowest BCUT2D eigenvalue weighted by atomic mass is 10.2. The van der Waals surface area contributed by atoms with Crippen molar-refractivity contribution < 1.29 is 0 Å². The zero-order valence-corrected chi connectivity index (χ0v) is 21.5. The van der Waals surface area contributed by atoms with Gasteiger partial charge in [-0.2, -0.15) is 0 Å². The van der Waals surface area contributed by atoms with Gasteiger partial charge in [0, 0.05) is 12.8 Å². The molecule has 0 unspecified atom stereocenters. The molecular formula is C26H22N8S2. The number of unbranched alkanes of at least 4 members (excludes halogenated alkanes) is 1. The Labute approximate surface area is 215 Å². The summed E-state index contributed by atoms with van der Waals surface area (Å²) in [6, 6.07) is 15.8. The average Bonchev–Trinajstić information content (AvgIpc) is 3.56. The van der Waals surface area contributed by atoms with Crippen LogP contribution in [0.3, 0.4) is 0 Å². The summed E-state index contributed by atoms with van der Waals surface area (Å²) in [6.07, 6.45) is 3.75. The number of fused-ring (bicyclic) bond motifs is 2. The van der Waals surface area contributed by atoms with Gasteiger partial charge in [0.05, 0.1) is 33.5 Å². The van der Waals surface area contributed by atoms with E-state index in [9.17, 15) is 0 Å².